The number of amides is 2. The van der Waals surface area contributed by atoms with Crippen LogP contribution in [0.2, 0.25) is 5.02 Å². The molecular formula is C15H14ClN3O4. The summed E-state index contributed by atoms with van der Waals surface area (Å²) in [7, 11) is 0. The van der Waals surface area contributed by atoms with Gasteiger partial charge in [0.1, 0.15) is 5.69 Å². The Morgan fingerprint density at radius 2 is 2.09 bits per heavy atom. The number of carbonyl (C=O) groups is 2. The van der Waals surface area contributed by atoms with Gasteiger partial charge >= 0.3 is 6.09 Å². The van der Waals surface area contributed by atoms with E-state index in [1.165, 1.54) is 4.90 Å². The first-order chi connectivity index (χ1) is 11.0. The van der Waals surface area contributed by atoms with Crippen molar-refractivity contribution >= 4 is 23.6 Å². The average molecular weight is 336 g/mol. The third kappa shape index (κ3) is 3.45. The molecule has 2 amide bonds. The monoisotopic (exact) mass is 335 g/mol. The summed E-state index contributed by atoms with van der Waals surface area (Å²) in [5, 5.41) is 16.1. The standard InChI is InChI=1S/C15H14ClN3O4/c16-10-3-1-9(2-4-10)12-7-13(23-18-12)14(20)17-11-5-6-19(8-11)15(21)22/h1-4,7,11H,5-6,8H2,(H,17,20)(H,21,22)/t11-/m1/s1. The second kappa shape index (κ2) is 6.29. The van der Waals surface area contributed by atoms with E-state index >= 15 is 0 Å². The largest absolute Gasteiger partial charge is 0.465 e. The van der Waals surface area contributed by atoms with Gasteiger partial charge in [-0.1, -0.05) is 28.9 Å². The molecule has 7 nitrogen and oxygen atoms in total. The maximum Gasteiger partial charge on any atom is 0.407 e. The van der Waals surface area contributed by atoms with Crippen LogP contribution in [0.3, 0.4) is 0 Å². The van der Waals surface area contributed by atoms with Crippen LogP contribution >= 0.6 is 11.6 Å². The first kappa shape index (κ1) is 15.4. The van der Waals surface area contributed by atoms with Crippen LogP contribution in [-0.2, 0) is 0 Å². The van der Waals surface area contributed by atoms with E-state index in [-0.39, 0.29) is 18.3 Å². The van der Waals surface area contributed by atoms with Crippen LogP contribution in [0.15, 0.2) is 34.9 Å². The van der Waals surface area contributed by atoms with Crippen LogP contribution < -0.4 is 5.32 Å². The number of rotatable bonds is 3. The fourth-order valence-corrected chi connectivity index (χ4v) is 2.57. The van der Waals surface area contributed by atoms with Crippen molar-refractivity contribution in [3.05, 3.63) is 41.1 Å². The van der Waals surface area contributed by atoms with Gasteiger partial charge in [0.15, 0.2) is 0 Å². The topological polar surface area (TPSA) is 95.7 Å². The molecule has 0 spiro atoms. The van der Waals surface area contributed by atoms with Gasteiger partial charge in [0, 0.05) is 35.8 Å². The Kier molecular flexibility index (Phi) is 4.20. The van der Waals surface area contributed by atoms with E-state index in [9.17, 15) is 9.59 Å². The van der Waals surface area contributed by atoms with Crippen molar-refractivity contribution in [2.45, 2.75) is 12.5 Å². The lowest BCUT2D eigenvalue weighted by Crippen LogP contribution is -2.38. The molecule has 1 aromatic carbocycles. The summed E-state index contributed by atoms with van der Waals surface area (Å²) in [5.74, 6) is -0.321. The minimum atomic E-state index is -0.980. The molecule has 1 atom stereocenters. The van der Waals surface area contributed by atoms with Gasteiger partial charge in [0.2, 0.25) is 5.76 Å². The second-order valence-electron chi connectivity index (χ2n) is 5.27. The van der Waals surface area contributed by atoms with Crippen LogP contribution in [0.4, 0.5) is 4.79 Å². The average Bonchev–Trinajstić information content (AvgIpc) is 3.17. The van der Waals surface area contributed by atoms with E-state index in [2.05, 4.69) is 10.5 Å². The van der Waals surface area contributed by atoms with E-state index in [0.29, 0.717) is 23.7 Å². The molecule has 2 N–H and O–H groups in total. The molecule has 1 aromatic heterocycles. The SMILES string of the molecule is O=C(N[C@@H]1CCN(C(=O)O)C1)c1cc(-c2ccc(Cl)cc2)no1. The summed E-state index contributed by atoms with van der Waals surface area (Å²) in [6.07, 6.45) is -0.401. The van der Waals surface area contributed by atoms with E-state index in [1.54, 1.807) is 30.3 Å². The Morgan fingerprint density at radius 3 is 2.74 bits per heavy atom. The Labute approximate surface area is 136 Å². The molecule has 2 heterocycles. The first-order valence-electron chi connectivity index (χ1n) is 7.04. The lowest BCUT2D eigenvalue weighted by atomic mass is 10.1. The number of halogens is 1. The second-order valence-corrected chi connectivity index (χ2v) is 5.71. The summed E-state index contributed by atoms with van der Waals surface area (Å²) >= 11 is 5.83. The molecule has 0 unspecified atom stereocenters. The van der Waals surface area contributed by atoms with Gasteiger partial charge in [-0.25, -0.2) is 4.79 Å². The molecule has 1 saturated heterocycles. The van der Waals surface area contributed by atoms with Crippen LogP contribution in [0, 0.1) is 0 Å². The summed E-state index contributed by atoms with van der Waals surface area (Å²) in [6.45, 7) is 0.686. The van der Waals surface area contributed by atoms with Gasteiger partial charge < -0.3 is 19.8 Å². The summed E-state index contributed by atoms with van der Waals surface area (Å²) in [6, 6.07) is 8.34. The molecule has 1 fully saturated rings. The number of likely N-dealkylation sites (tertiary alicyclic amines) is 1. The summed E-state index contributed by atoms with van der Waals surface area (Å²) in [4.78, 5) is 24.3. The van der Waals surface area contributed by atoms with Gasteiger partial charge in [-0.15, -0.1) is 0 Å². The summed E-state index contributed by atoms with van der Waals surface area (Å²) in [5.41, 5.74) is 1.32. The quantitative estimate of drug-likeness (QED) is 0.898. The molecule has 23 heavy (non-hydrogen) atoms. The Balaban J connectivity index is 1.65. The first-order valence-corrected chi connectivity index (χ1v) is 7.42. The van der Waals surface area contributed by atoms with Crippen molar-refractivity contribution in [1.82, 2.24) is 15.4 Å². The molecule has 3 rings (SSSR count). The fraction of sp³-hybridized carbons (Fsp3) is 0.267. The van der Waals surface area contributed by atoms with Gasteiger partial charge in [0.25, 0.3) is 5.91 Å². The smallest absolute Gasteiger partial charge is 0.407 e. The number of hydrogen-bond acceptors (Lipinski definition) is 4. The van der Waals surface area contributed by atoms with Crippen molar-refractivity contribution in [2.24, 2.45) is 0 Å². The van der Waals surface area contributed by atoms with Crippen LogP contribution in [0.5, 0.6) is 0 Å². The van der Waals surface area contributed by atoms with Crippen molar-refractivity contribution < 1.29 is 19.2 Å². The molecule has 120 valence electrons. The van der Waals surface area contributed by atoms with Crippen molar-refractivity contribution in [3.63, 3.8) is 0 Å². The van der Waals surface area contributed by atoms with E-state index in [4.69, 9.17) is 21.2 Å². The minimum Gasteiger partial charge on any atom is -0.465 e. The maximum atomic E-state index is 12.1. The molecular weight excluding hydrogens is 322 g/mol. The minimum absolute atomic E-state index is 0.0868. The highest BCUT2D eigenvalue weighted by atomic mass is 35.5. The lowest BCUT2D eigenvalue weighted by Gasteiger charge is -2.12. The molecule has 8 heteroatoms. The number of carboxylic acid groups (broad SMARTS) is 1. The Hall–Kier alpha value is -2.54. The van der Waals surface area contributed by atoms with Crippen molar-refractivity contribution in [1.29, 1.82) is 0 Å². The number of aromatic nitrogens is 1. The predicted molar refractivity (Wildman–Crippen MR) is 82.4 cm³/mol. The predicted octanol–water partition coefficient (Wildman–Crippen LogP) is 2.48. The Bertz CT molecular complexity index is 729. The molecule has 1 aliphatic rings. The third-order valence-corrected chi connectivity index (χ3v) is 3.92. The number of nitrogens with zero attached hydrogens (tertiary/aromatic N) is 2. The normalized spacial score (nSPS) is 17.3. The number of benzene rings is 1. The van der Waals surface area contributed by atoms with Crippen LogP contribution in [0.25, 0.3) is 11.3 Å². The highest BCUT2D eigenvalue weighted by molar-refractivity contribution is 6.30. The van der Waals surface area contributed by atoms with Gasteiger partial charge in [-0.3, -0.25) is 4.79 Å². The molecule has 0 bridgehead atoms. The summed E-state index contributed by atoms with van der Waals surface area (Å²) < 4.78 is 5.07. The molecule has 0 radical (unpaired) electrons. The molecule has 1 aliphatic heterocycles. The Morgan fingerprint density at radius 1 is 1.35 bits per heavy atom. The maximum absolute atomic E-state index is 12.1. The lowest BCUT2D eigenvalue weighted by molar-refractivity contribution is 0.0899. The van der Waals surface area contributed by atoms with E-state index in [1.807, 2.05) is 0 Å². The van der Waals surface area contributed by atoms with Crippen LogP contribution in [-0.4, -0.2) is 46.3 Å². The van der Waals surface area contributed by atoms with Crippen molar-refractivity contribution in [3.8, 4) is 11.3 Å². The third-order valence-electron chi connectivity index (χ3n) is 3.67. The number of hydrogen-bond donors (Lipinski definition) is 2. The highest BCUT2D eigenvalue weighted by Crippen LogP contribution is 2.21. The zero-order chi connectivity index (χ0) is 16.4. The van der Waals surface area contributed by atoms with Gasteiger partial charge in [0.05, 0.1) is 0 Å². The van der Waals surface area contributed by atoms with E-state index < -0.39 is 12.0 Å². The van der Waals surface area contributed by atoms with E-state index in [0.717, 1.165) is 5.56 Å². The molecule has 0 aliphatic carbocycles. The molecule has 2 aromatic rings. The van der Waals surface area contributed by atoms with Crippen molar-refractivity contribution in [2.75, 3.05) is 13.1 Å². The highest BCUT2D eigenvalue weighted by Gasteiger charge is 2.28. The molecule has 0 saturated carbocycles. The van der Waals surface area contributed by atoms with Crippen LogP contribution in [0.1, 0.15) is 17.0 Å². The van der Waals surface area contributed by atoms with Gasteiger partial charge in [-0.2, -0.15) is 0 Å². The number of carbonyl (C=O) groups excluding carboxylic acids is 1. The fourth-order valence-electron chi connectivity index (χ4n) is 2.45. The zero-order valence-electron chi connectivity index (χ0n) is 12.0. The zero-order valence-corrected chi connectivity index (χ0v) is 12.8. The van der Waals surface area contributed by atoms with Gasteiger partial charge in [-0.05, 0) is 18.6 Å². The number of nitrogens with one attached hydrogen (secondary N) is 1.